The molecule has 0 unspecified atom stereocenters. The van der Waals surface area contributed by atoms with Crippen molar-refractivity contribution in [2.24, 2.45) is 5.41 Å². The number of rotatable bonds is 8. The predicted molar refractivity (Wildman–Crippen MR) is 69.5 cm³/mol. The lowest BCUT2D eigenvalue weighted by molar-refractivity contribution is 0.113. The van der Waals surface area contributed by atoms with Crippen molar-refractivity contribution in [3.05, 3.63) is 11.6 Å². The van der Waals surface area contributed by atoms with Gasteiger partial charge < -0.3 is 10.4 Å². The van der Waals surface area contributed by atoms with Gasteiger partial charge in [0.15, 0.2) is 0 Å². The first-order valence-electron chi connectivity index (χ1n) is 6.76. The van der Waals surface area contributed by atoms with Gasteiger partial charge in [0, 0.05) is 18.6 Å². The molecule has 1 aliphatic rings. The number of aliphatic hydroxyl groups excluding tert-OH is 1. The molecular weight excluding hydrogens is 198 g/mol. The summed E-state index contributed by atoms with van der Waals surface area (Å²) in [6, 6.07) is 0. The number of allylic oxidation sites excluding steroid dienone is 1. The van der Waals surface area contributed by atoms with Crippen molar-refractivity contribution < 1.29 is 5.11 Å². The first kappa shape index (κ1) is 13.7. The van der Waals surface area contributed by atoms with E-state index < -0.39 is 0 Å². The quantitative estimate of drug-likeness (QED) is 0.492. The van der Waals surface area contributed by atoms with Crippen LogP contribution in [0.25, 0.3) is 0 Å². The molecule has 0 saturated carbocycles. The molecule has 0 aromatic heterocycles. The number of nitrogens with one attached hydrogen (secondary N) is 1. The van der Waals surface area contributed by atoms with E-state index in [9.17, 15) is 5.11 Å². The van der Waals surface area contributed by atoms with Crippen LogP contribution in [0.15, 0.2) is 11.6 Å². The zero-order valence-electron chi connectivity index (χ0n) is 10.9. The Labute approximate surface area is 100 Å². The van der Waals surface area contributed by atoms with Gasteiger partial charge in [0.25, 0.3) is 0 Å². The maximum absolute atomic E-state index is 9.44. The fourth-order valence-electron chi connectivity index (χ4n) is 2.35. The molecule has 0 fully saturated rings. The monoisotopic (exact) mass is 225 g/mol. The summed E-state index contributed by atoms with van der Waals surface area (Å²) in [7, 11) is 0. The summed E-state index contributed by atoms with van der Waals surface area (Å²) in [6.07, 6.45) is 9.61. The maximum Gasteiger partial charge on any atom is 0.0499 e. The molecule has 2 nitrogen and oxygen atoms in total. The zero-order chi connectivity index (χ0) is 11.9. The first-order valence-corrected chi connectivity index (χ1v) is 6.76. The molecule has 0 aromatic rings. The van der Waals surface area contributed by atoms with E-state index in [1.165, 1.54) is 25.7 Å². The third-order valence-corrected chi connectivity index (χ3v) is 4.09. The Morgan fingerprint density at radius 1 is 1.38 bits per heavy atom. The van der Waals surface area contributed by atoms with E-state index in [2.05, 4.69) is 25.2 Å². The van der Waals surface area contributed by atoms with Crippen LogP contribution in [0.3, 0.4) is 0 Å². The van der Waals surface area contributed by atoms with Crippen molar-refractivity contribution in [1.82, 2.24) is 5.32 Å². The van der Waals surface area contributed by atoms with Gasteiger partial charge in [-0.2, -0.15) is 0 Å². The lowest BCUT2D eigenvalue weighted by Gasteiger charge is -2.29. The normalized spacial score (nSPS) is 16.6. The smallest absolute Gasteiger partial charge is 0.0499 e. The van der Waals surface area contributed by atoms with E-state index in [0.29, 0.717) is 6.61 Å². The number of hydrogen-bond donors (Lipinski definition) is 2. The predicted octanol–water partition coefficient (Wildman–Crippen LogP) is 2.88. The number of aliphatic hydroxyl groups is 1. The van der Waals surface area contributed by atoms with E-state index in [-0.39, 0.29) is 5.41 Å². The minimum absolute atomic E-state index is 0.101. The molecule has 1 aliphatic carbocycles. The second kappa shape index (κ2) is 7.08. The molecule has 0 spiro atoms. The first-order chi connectivity index (χ1) is 7.76. The summed E-state index contributed by atoms with van der Waals surface area (Å²) in [5.74, 6) is 0. The van der Waals surface area contributed by atoms with Gasteiger partial charge in [-0.3, -0.25) is 0 Å². The Morgan fingerprint density at radius 3 is 2.62 bits per heavy atom. The van der Waals surface area contributed by atoms with Crippen LogP contribution in [0.2, 0.25) is 0 Å². The molecule has 0 heterocycles. The van der Waals surface area contributed by atoms with Crippen molar-refractivity contribution in [1.29, 1.82) is 0 Å². The molecule has 1 rings (SSSR count). The van der Waals surface area contributed by atoms with E-state index in [1.807, 2.05) is 0 Å². The highest BCUT2D eigenvalue weighted by Gasteiger charge is 2.24. The van der Waals surface area contributed by atoms with Crippen LogP contribution >= 0.6 is 0 Å². The Bertz CT molecular complexity index is 211. The van der Waals surface area contributed by atoms with Crippen LogP contribution in [0.1, 0.15) is 52.4 Å². The Morgan fingerprint density at radius 2 is 2.12 bits per heavy atom. The van der Waals surface area contributed by atoms with Gasteiger partial charge in [-0.25, -0.2) is 0 Å². The largest absolute Gasteiger partial charge is 0.396 e. The van der Waals surface area contributed by atoms with Crippen LogP contribution in [0, 0.1) is 5.41 Å². The lowest BCUT2D eigenvalue weighted by atomic mass is 9.83. The van der Waals surface area contributed by atoms with E-state index in [0.717, 1.165) is 25.9 Å². The molecule has 94 valence electrons. The van der Waals surface area contributed by atoms with Crippen LogP contribution in [-0.2, 0) is 0 Å². The molecule has 2 heteroatoms. The third kappa shape index (κ3) is 3.91. The summed E-state index contributed by atoms with van der Waals surface area (Å²) in [5, 5.41) is 12.9. The Balaban J connectivity index is 2.17. The SMILES string of the molecule is CCC(CC)(CO)CNCCC1=CCCC1. The summed E-state index contributed by atoms with van der Waals surface area (Å²) in [4.78, 5) is 0. The molecule has 16 heavy (non-hydrogen) atoms. The van der Waals surface area contributed by atoms with Crippen LogP contribution in [0.5, 0.6) is 0 Å². The van der Waals surface area contributed by atoms with Crippen molar-refractivity contribution in [3.63, 3.8) is 0 Å². The fraction of sp³-hybridized carbons (Fsp3) is 0.857. The maximum atomic E-state index is 9.44. The van der Waals surface area contributed by atoms with E-state index >= 15 is 0 Å². The molecule has 0 bridgehead atoms. The average Bonchev–Trinajstić information content (AvgIpc) is 2.83. The Kier molecular flexibility index (Phi) is 6.07. The molecule has 0 radical (unpaired) electrons. The Hall–Kier alpha value is -0.340. The van der Waals surface area contributed by atoms with Gasteiger partial charge in [0.1, 0.15) is 0 Å². The second-order valence-corrected chi connectivity index (χ2v) is 5.05. The van der Waals surface area contributed by atoms with Gasteiger partial charge in [0.05, 0.1) is 0 Å². The van der Waals surface area contributed by atoms with Crippen molar-refractivity contribution in [3.8, 4) is 0 Å². The topological polar surface area (TPSA) is 32.3 Å². The summed E-state index contributed by atoms with van der Waals surface area (Å²) in [5.41, 5.74) is 1.72. The van der Waals surface area contributed by atoms with Gasteiger partial charge in [-0.1, -0.05) is 25.5 Å². The molecule has 0 atom stereocenters. The van der Waals surface area contributed by atoms with Crippen molar-refractivity contribution >= 4 is 0 Å². The molecule has 0 saturated heterocycles. The fourth-order valence-corrected chi connectivity index (χ4v) is 2.35. The van der Waals surface area contributed by atoms with Crippen molar-refractivity contribution in [2.45, 2.75) is 52.4 Å². The minimum Gasteiger partial charge on any atom is -0.396 e. The number of hydrogen-bond acceptors (Lipinski definition) is 2. The molecule has 0 aromatic carbocycles. The van der Waals surface area contributed by atoms with E-state index in [1.54, 1.807) is 5.57 Å². The minimum atomic E-state index is 0.101. The third-order valence-electron chi connectivity index (χ3n) is 4.09. The van der Waals surface area contributed by atoms with Gasteiger partial charge in [0.2, 0.25) is 0 Å². The van der Waals surface area contributed by atoms with Crippen LogP contribution in [0.4, 0.5) is 0 Å². The highest BCUT2D eigenvalue weighted by atomic mass is 16.3. The zero-order valence-corrected chi connectivity index (χ0v) is 10.9. The standard InChI is InChI=1S/C14H27NO/c1-3-14(4-2,12-16)11-15-10-9-13-7-5-6-8-13/h7,15-16H,3-6,8-12H2,1-2H3. The van der Waals surface area contributed by atoms with Gasteiger partial charge >= 0.3 is 0 Å². The van der Waals surface area contributed by atoms with Gasteiger partial charge in [-0.15, -0.1) is 0 Å². The molecule has 0 aliphatic heterocycles. The summed E-state index contributed by atoms with van der Waals surface area (Å²) in [6.45, 7) is 6.65. The van der Waals surface area contributed by atoms with E-state index in [4.69, 9.17) is 0 Å². The van der Waals surface area contributed by atoms with Crippen molar-refractivity contribution in [2.75, 3.05) is 19.7 Å². The highest BCUT2D eigenvalue weighted by molar-refractivity contribution is 5.07. The van der Waals surface area contributed by atoms with Gasteiger partial charge in [-0.05, 0) is 45.1 Å². The summed E-state index contributed by atoms with van der Waals surface area (Å²) >= 11 is 0. The lowest BCUT2D eigenvalue weighted by Crippen LogP contribution is -2.37. The summed E-state index contributed by atoms with van der Waals surface area (Å²) < 4.78 is 0. The highest BCUT2D eigenvalue weighted by Crippen LogP contribution is 2.24. The molecular formula is C14H27NO. The van der Waals surface area contributed by atoms with Crippen LogP contribution < -0.4 is 5.32 Å². The second-order valence-electron chi connectivity index (χ2n) is 5.05. The van der Waals surface area contributed by atoms with Crippen LogP contribution in [-0.4, -0.2) is 24.8 Å². The average molecular weight is 225 g/mol. The molecule has 0 amide bonds. The molecule has 2 N–H and O–H groups in total.